The summed E-state index contributed by atoms with van der Waals surface area (Å²) >= 11 is 6.09. The zero-order valence-corrected chi connectivity index (χ0v) is 18.4. The Bertz CT molecular complexity index is 965. The molecular weight excluding hydrogens is 416 g/mol. The van der Waals surface area contributed by atoms with E-state index in [1.54, 1.807) is 43.3 Å². The first-order chi connectivity index (χ1) is 13.7. The molecule has 0 aromatic heterocycles. The minimum absolute atomic E-state index is 0.197. The highest BCUT2D eigenvalue weighted by atomic mass is 35.5. The van der Waals surface area contributed by atoms with Gasteiger partial charge in [-0.25, -0.2) is 8.42 Å². The van der Waals surface area contributed by atoms with Crippen molar-refractivity contribution in [2.75, 3.05) is 29.6 Å². The molecule has 0 saturated heterocycles. The molecule has 0 heterocycles. The second kappa shape index (κ2) is 9.84. The van der Waals surface area contributed by atoms with E-state index in [0.717, 1.165) is 10.6 Å². The van der Waals surface area contributed by atoms with Gasteiger partial charge in [0.25, 0.3) is 0 Å². The van der Waals surface area contributed by atoms with E-state index >= 15 is 0 Å². The molecule has 2 aromatic rings. The predicted molar refractivity (Wildman–Crippen MR) is 116 cm³/mol. The first kappa shape index (κ1) is 22.8. The van der Waals surface area contributed by atoms with Crippen molar-refractivity contribution in [1.82, 2.24) is 0 Å². The molecule has 0 fully saturated rings. The number of methoxy groups -OCH3 is 1. The van der Waals surface area contributed by atoms with E-state index in [4.69, 9.17) is 21.1 Å². The number of halogens is 1. The molecule has 0 aliphatic carbocycles. The Kier molecular flexibility index (Phi) is 7.75. The van der Waals surface area contributed by atoms with Crippen LogP contribution in [0, 0.1) is 0 Å². The Balaban J connectivity index is 2.48. The number of benzene rings is 2. The normalized spacial score (nSPS) is 12.2. The van der Waals surface area contributed by atoms with Crippen LogP contribution in [0.5, 0.6) is 11.5 Å². The van der Waals surface area contributed by atoms with Gasteiger partial charge in [-0.2, -0.15) is 0 Å². The number of hydrogen-bond acceptors (Lipinski definition) is 5. The highest BCUT2D eigenvalue weighted by Gasteiger charge is 2.34. The molecule has 2 rings (SSSR count). The Hall–Kier alpha value is -2.45. The largest absolute Gasteiger partial charge is 0.495 e. The zero-order chi connectivity index (χ0) is 21.6. The number of ether oxygens (including phenoxy) is 2. The predicted octanol–water partition coefficient (Wildman–Crippen LogP) is 3.93. The molecule has 0 aliphatic rings. The molecule has 1 N–H and O–H groups in total. The van der Waals surface area contributed by atoms with Crippen molar-refractivity contribution in [3.05, 3.63) is 47.5 Å². The minimum Gasteiger partial charge on any atom is -0.495 e. The van der Waals surface area contributed by atoms with Crippen molar-refractivity contribution in [1.29, 1.82) is 0 Å². The van der Waals surface area contributed by atoms with Gasteiger partial charge >= 0.3 is 0 Å². The van der Waals surface area contributed by atoms with Gasteiger partial charge in [0.2, 0.25) is 15.9 Å². The summed E-state index contributed by atoms with van der Waals surface area (Å²) in [6.45, 7) is 4.00. The molecule has 0 saturated carbocycles. The number of carbonyl (C=O) groups is 1. The lowest BCUT2D eigenvalue weighted by molar-refractivity contribution is -0.117. The van der Waals surface area contributed by atoms with Crippen LogP contribution in [0.1, 0.15) is 20.3 Å². The van der Waals surface area contributed by atoms with Crippen LogP contribution < -0.4 is 19.1 Å². The van der Waals surface area contributed by atoms with E-state index in [9.17, 15) is 13.2 Å². The maximum atomic E-state index is 13.1. The van der Waals surface area contributed by atoms with Gasteiger partial charge in [-0.05, 0) is 43.7 Å². The first-order valence-corrected chi connectivity index (χ1v) is 11.3. The summed E-state index contributed by atoms with van der Waals surface area (Å²) < 4.78 is 37.2. The highest BCUT2D eigenvalue weighted by Crippen LogP contribution is 2.35. The number of rotatable bonds is 9. The van der Waals surface area contributed by atoms with E-state index in [2.05, 4.69) is 5.32 Å². The molecule has 9 heteroatoms. The summed E-state index contributed by atoms with van der Waals surface area (Å²) in [6.07, 6.45) is 1.27. The first-order valence-electron chi connectivity index (χ1n) is 9.08. The molecule has 158 valence electrons. The van der Waals surface area contributed by atoms with E-state index in [-0.39, 0.29) is 12.1 Å². The third-order valence-corrected chi connectivity index (χ3v) is 5.55. The SMILES string of the molecule is CCOc1ccccc1NC(=O)[C@@H](CC)N(c1cc(Cl)ccc1OC)S(C)(=O)=O. The smallest absolute Gasteiger partial charge is 0.248 e. The van der Waals surface area contributed by atoms with Crippen molar-refractivity contribution in [3.63, 3.8) is 0 Å². The summed E-state index contributed by atoms with van der Waals surface area (Å²) in [5, 5.41) is 3.10. The monoisotopic (exact) mass is 440 g/mol. The number of amides is 1. The van der Waals surface area contributed by atoms with Gasteiger partial charge in [0.15, 0.2) is 0 Å². The lowest BCUT2D eigenvalue weighted by Crippen LogP contribution is -2.47. The fourth-order valence-electron chi connectivity index (χ4n) is 2.94. The molecule has 1 amide bonds. The average Bonchev–Trinajstić information content (AvgIpc) is 2.66. The lowest BCUT2D eigenvalue weighted by Gasteiger charge is -2.31. The topological polar surface area (TPSA) is 84.9 Å². The Morgan fingerprint density at radius 2 is 1.86 bits per heavy atom. The van der Waals surface area contributed by atoms with Crippen LogP contribution in [0.15, 0.2) is 42.5 Å². The van der Waals surface area contributed by atoms with E-state index in [1.807, 2.05) is 6.92 Å². The fourth-order valence-corrected chi connectivity index (χ4v) is 4.31. The van der Waals surface area contributed by atoms with Crippen molar-refractivity contribution in [3.8, 4) is 11.5 Å². The molecule has 7 nitrogen and oxygen atoms in total. The molecule has 2 aromatic carbocycles. The van der Waals surface area contributed by atoms with Crippen LogP contribution in [-0.2, 0) is 14.8 Å². The summed E-state index contributed by atoms with van der Waals surface area (Å²) in [5.74, 6) is 0.303. The number of hydrogen-bond donors (Lipinski definition) is 1. The number of anilines is 2. The summed E-state index contributed by atoms with van der Waals surface area (Å²) in [5.41, 5.74) is 0.659. The quantitative estimate of drug-likeness (QED) is 0.638. The summed E-state index contributed by atoms with van der Waals surface area (Å²) in [6, 6.07) is 10.6. The number of para-hydroxylation sites is 2. The van der Waals surface area contributed by atoms with Crippen LogP contribution in [0.2, 0.25) is 5.02 Å². The minimum atomic E-state index is -3.83. The van der Waals surface area contributed by atoms with Gasteiger partial charge in [0.05, 0.1) is 31.3 Å². The van der Waals surface area contributed by atoms with Crippen LogP contribution in [0.4, 0.5) is 11.4 Å². The summed E-state index contributed by atoms with van der Waals surface area (Å²) in [7, 11) is -2.41. The van der Waals surface area contributed by atoms with Gasteiger partial charge < -0.3 is 14.8 Å². The second-order valence-corrected chi connectivity index (χ2v) is 8.51. The number of nitrogens with one attached hydrogen (secondary N) is 1. The van der Waals surface area contributed by atoms with Gasteiger partial charge in [-0.3, -0.25) is 9.10 Å². The molecule has 0 aliphatic heterocycles. The zero-order valence-electron chi connectivity index (χ0n) is 16.8. The standard InChI is InChI=1S/C20H25ClN2O5S/c1-5-16(20(24)22-15-9-7-8-10-18(15)28-6-2)23(29(4,25)26)17-13-14(21)11-12-19(17)27-3/h7-13,16H,5-6H2,1-4H3,(H,22,24)/t16-/m1/s1. The third-order valence-electron chi connectivity index (χ3n) is 4.15. The maximum Gasteiger partial charge on any atom is 0.248 e. The Morgan fingerprint density at radius 3 is 2.45 bits per heavy atom. The molecule has 0 bridgehead atoms. The Morgan fingerprint density at radius 1 is 1.17 bits per heavy atom. The van der Waals surface area contributed by atoms with E-state index in [0.29, 0.717) is 28.8 Å². The molecular formula is C20H25ClN2O5S. The number of sulfonamides is 1. The van der Waals surface area contributed by atoms with Crippen LogP contribution in [-0.4, -0.2) is 40.3 Å². The van der Waals surface area contributed by atoms with Gasteiger partial charge in [-0.1, -0.05) is 30.7 Å². The van der Waals surface area contributed by atoms with Gasteiger partial charge in [-0.15, -0.1) is 0 Å². The van der Waals surface area contributed by atoms with Crippen molar-refractivity contribution in [2.24, 2.45) is 0 Å². The summed E-state index contributed by atoms with van der Waals surface area (Å²) in [4.78, 5) is 13.1. The van der Waals surface area contributed by atoms with Crippen molar-refractivity contribution < 1.29 is 22.7 Å². The van der Waals surface area contributed by atoms with E-state index < -0.39 is 22.0 Å². The Labute approximate surface area is 176 Å². The number of nitrogens with zero attached hydrogens (tertiary/aromatic N) is 1. The maximum absolute atomic E-state index is 13.1. The van der Waals surface area contributed by atoms with Crippen LogP contribution in [0.25, 0.3) is 0 Å². The average molecular weight is 441 g/mol. The van der Waals surface area contributed by atoms with E-state index in [1.165, 1.54) is 13.2 Å². The van der Waals surface area contributed by atoms with Crippen molar-refractivity contribution in [2.45, 2.75) is 26.3 Å². The van der Waals surface area contributed by atoms with Crippen molar-refractivity contribution >= 4 is 38.9 Å². The van der Waals surface area contributed by atoms with Gasteiger partial charge in [0.1, 0.15) is 17.5 Å². The van der Waals surface area contributed by atoms with Crippen LogP contribution >= 0.6 is 11.6 Å². The molecule has 0 unspecified atom stereocenters. The molecule has 0 spiro atoms. The second-order valence-electron chi connectivity index (χ2n) is 6.22. The molecule has 0 radical (unpaired) electrons. The third kappa shape index (κ3) is 5.55. The fraction of sp³-hybridized carbons (Fsp3) is 0.350. The van der Waals surface area contributed by atoms with Gasteiger partial charge in [0, 0.05) is 5.02 Å². The highest BCUT2D eigenvalue weighted by molar-refractivity contribution is 7.92. The molecule has 29 heavy (non-hydrogen) atoms. The van der Waals surface area contributed by atoms with Crippen LogP contribution in [0.3, 0.4) is 0 Å². The lowest BCUT2D eigenvalue weighted by atomic mass is 10.1. The molecule has 1 atom stereocenters. The number of carbonyl (C=O) groups excluding carboxylic acids is 1.